The van der Waals surface area contributed by atoms with Crippen LogP contribution in [0.3, 0.4) is 0 Å². The van der Waals surface area contributed by atoms with Crippen LogP contribution in [0.25, 0.3) is 0 Å². The maximum Gasteiger partial charge on any atom is 0.297 e. The highest BCUT2D eigenvalue weighted by Crippen LogP contribution is 2.31. The van der Waals surface area contributed by atoms with Crippen molar-refractivity contribution in [1.82, 2.24) is 9.78 Å². The molecule has 8 heteroatoms. The summed E-state index contributed by atoms with van der Waals surface area (Å²) >= 11 is 0. The predicted octanol–water partition coefficient (Wildman–Crippen LogP) is 2.67. The number of hydrogen-bond acceptors (Lipinski definition) is 5. The van der Waals surface area contributed by atoms with Gasteiger partial charge in [-0.1, -0.05) is 50.6 Å². The molecule has 1 amide bonds. The van der Waals surface area contributed by atoms with Crippen molar-refractivity contribution in [3.05, 3.63) is 47.2 Å². The van der Waals surface area contributed by atoms with E-state index in [2.05, 4.69) is 10.4 Å². The Morgan fingerprint density at radius 3 is 2.36 bits per heavy atom. The Labute approximate surface area is 165 Å². The second kappa shape index (κ2) is 7.16. The molecule has 1 aromatic heterocycles. The third kappa shape index (κ3) is 4.32. The average Bonchev–Trinajstić information content (AvgIpc) is 3.17. The Morgan fingerprint density at radius 2 is 1.82 bits per heavy atom. The third-order valence-corrected chi connectivity index (χ3v) is 6.57. The quantitative estimate of drug-likeness (QED) is 0.625. The molecule has 3 rings (SSSR count). The number of carbonyl (C=O) groups is 2. The minimum Gasteiger partial charge on any atom is -0.304 e. The van der Waals surface area contributed by atoms with Crippen LogP contribution in [-0.4, -0.2) is 41.4 Å². The molecule has 1 aromatic carbocycles. The van der Waals surface area contributed by atoms with Crippen molar-refractivity contribution in [2.75, 3.05) is 16.8 Å². The molecule has 0 aliphatic carbocycles. The average molecular weight is 404 g/mol. The summed E-state index contributed by atoms with van der Waals surface area (Å²) in [6, 6.07) is 8.12. The predicted molar refractivity (Wildman–Crippen MR) is 107 cm³/mol. The smallest absolute Gasteiger partial charge is 0.297 e. The number of amides is 1. The van der Waals surface area contributed by atoms with Crippen LogP contribution in [0.4, 0.5) is 5.82 Å². The van der Waals surface area contributed by atoms with Crippen molar-refractivity contribution in [3.8, 4) is 0 Å². The summed E-state index contributed by atoms with van der Waals surface area (Å²) in [6.45, 7) is 7.84. The van der Waals surface area contributed by atoms with E-state index < -0.39 is 21.5 Å². The summed E-state index contributed by atoms with van der Waals surface area (Å²) in [5.41, 5.74) is 1.72. The van der Waals surface area contributed by atoms with Gasteiger partial charge in [-0.2, -0.15) is 5.10 Å². The Morgan fingerprint density at radius 1 is 1.18 bits per heavy atom. The lowest BCUT2D eigenvalue weighted by atomic mass is 9.92. The van der Waals surface area contributed by atoms with Crippen molar-refractivity contribution in [1.29, 1.82) is 0 Å². The van der Waals surface area contributed by atoms with Crippen molar-refractivity contribution in [2.24, 2.45) is 0 Å². The van der Waals surface area contributed by atoms with Gasteiger partial charge in [0, 0.05) is 17.0 Å². The number of rotatable bonds is 4. The van der Waals surface area contributed by atoms with Crippen LogP contribution in [0, 0.1) is 6.92 Å². The van der Waals surface area contributed by atoms with E-state index in [4.69, 9.17) is 0 Å². The first-order valence-electron chi connectivity index (χ1n) is 9.19. The molecule has 2 aromatic rings. The molecule has 1 aliphatic heterocycles. The molecule has 28 heavy (non-hydrogen) atoms. The summed E-state index contributed by atoms with van der Waals surface area (Å²) in [4.78, 5) is 25.0. The largest absolute Gasteiger partial charge is 0.304 e. The Balaban J connectivity index is 1.89. The molecule has 2 heterocycles. The number of aromatic nitrogens is 2. The van der Waals surface area contributed by atoms with Crippen LogP contribution in [0.2, 0.25) is 0 Å². The van der Waals surface area contributed by atoms with Gasteiger partial charge in [-0.25, -0.2) is 13.1 Å². The molecule has 1 atom stereocenters. The number of ketones is 1. The first kappa shape index (κ1) is 20.3. The Kier molecular flexibility index (Phi) is 5.18. The number of Topliss-reactive ketones (excluding diaryl/α,β-unsaturated/α-hetero) is 1. The van der Waals surface area contributed by atoms with Crippen LogP contribution in [0.15, 0.2) is 30.3 Å². The SMILES string of the molecule is Cc1ccc(C(=O)C(=O)Nc2cc(C(C)(C)C)nn2C2CCS(=O)(=O)C2)cc1. The second-order valence-electron chi connectivity index (χ2n) is 8.32. The maximum atomic E-state index is 12.5. The van der Waals surface area contributed by atoms with Gasteiger partial charge in [0.15, 0.2) is 9.84 Å². The van der Waals surface area contributed by atoms with Crippen molar-refractivity contribution >= 4 is 27.3 Å². The van der Waals surface area contributed by atoms with E-state index in [1.807, 2.05) is 27.7 Å². The van der Waals surface area contributed by atoms with E-state index >= 15 is 0 Å². The summed E-state index contributed by atoms with van der Waals surface area (Å²) < 4.78 is 25.3. The number of carbonyl (C=O) groups excluding carboxylic acids is 2. The first-order chi connectivity index (χ1) is 13.0. The number of sulfone groups is 1. The van der Waals surface area contributed by atoms with Gasteiger partial charge in [0.1, 0.15) is 5.82 Å². The molecule has 150 valence electrons. The molecule has 0 radical (unpaired) electrons. The summed E-state index contributed by atoms with van der Waals surface area (Å²) in [5.74, 6) is -1.00. The highest BCUT2D eigenvalue weighted by molar-refractivity contribution is 7.91. The van der Waals surface area contributed by atoms with E-state index in [0.29, 0.717) is 17.8 Å². The van der Waals surface area contributed by atoms with E-state index in [1.165, 1.54) is 0 Å². The lowest BCUT2D eigenvalue weighted by molar-refractivity contribution is -0.112. The van der Waals surface area contributed by atoms with Gasteiger partial charge in [0.05, 0.1) is 23.2 Å². The minimum absolute atomic E-state index is 0.0208. The zero-order valence-electron chi connectivity index (χ0n) is 16.5. The van der Waals surface area contributed by atoms with Crippen LogP contribution >= 0.6 is 0 Å². The molecule has 1 unspecified atom stereocenters. The number of benzene rings is 1. The van der Waals surface area contributed by atoms with E-state index in [-0.39, 0.29) is 23.0 Å². The molecule has 0 spiro atoms. The molecule has 1 saturated heterocycles. The summed E-state index contributed by atoms with van der Waals surface area (Å²) in [7, 11) is -3.12. The number of aryl methyl sites for hydroxylation is 1. The highest BCUT2D eigenvalue weighted by atomic mass is 32.2. The second-order valence-corrected chi connectivity index (χ2v) is 10.5. The number of hydrogen-bond donors (Lipinski definition) is 1. The standard InChI is InChI=1S/C20H25N3O4S/c1-13-5-7-14(8-6-13)18(24)19(25)21-17-11-16(20(2,3)4)22-23(17)15-9-10-28(26,27)12-15/h5-8,11,15H,9-10,12H2,1-4H3,(H,21,25). The minimum atomic E-state index is -3.12. The summed E-state index contributed by atoms with van der Waals surface area (Å²) in [6.07, 6.45) is 0.433. The van der Waals surface area contributed by atoms with Crippen LogP contribution in [0.1, 0.15) is 54.8 Å². The van der Waals surface area contributed by atoms with Crippen LogP contribution in [0.5, 0.6) is 0 Å². The number of nitrogens with zero attached hydrogens (tertiary/aromatic N) is 2. The molecule has 7 nitrogen and oxygen atoms in total. The molecule has 0 saturated carbocycles. The number of nitrogens with one attached hydrogen (secondary N) is 1. The van der Waals surface area contributed by atoms with Crippen molar-refractivity contribution in [2.45, 2.75) is 45.6 Å². The monoisotopic (exact) mass is 403 g/mol. The first-order valence-corrected chi connectivity index (χ1v) is 11.0. The fraction of sp³-hybridized carbons (Fsp3) is 0.450. The molecule has 1 N–H and O–H groups in total. The molecule has 0 bridgehead atoms. The Hall–Kier alpha value is -2.48. The van der Waals surface area contributed by atoms with Crippen molar-refractivity contribution in [3.63, 3.8) is 0 Å². The van der Waals surface area contributed by atoms with Gasteiger partial charge in [-0.3, -0.25) is 9.59 Å². The number of anilines is 1. The fourth-order valence-corrected chi connectivity index (χ4v) is 4.80. The van der Waals surface area contributed by atoms with Gasteiger partial charge < -0.3 is 5.32 Å². The highest BCUT2D eigenvalue weighted by Gasteiger charge is 2.33. The maximum absolute atomic E-state index is 12.5. The molecular formula is C20H25N3O4S. The van der Waals surface area contributed by atoms with Crippen molar-refractivity contribution < 1.29 is 18.0 Å². The van der Waals surface area contributed by atoms with E-state index in [9.17, 15) is 18.0 Å². The van der Waals surface area contributed by atoms with Gasteiger partial charge in [0.25, 0.3) is 11.7 Å². The molecule has 1 aliphatic rings. The van der Waals surface area contributed by atoms with Gasteiger partial charge >= 0.3 is 0 Å². The van der Waals surface area contributed by atoms with E-state index in [0.717, 1.165) is 11.3 Å². The summed E-state index contributed by atoms with van der Waals surface area (Å²) in [5, 5.41) is 7.19. The van der Waals surface area contributed by atoms with Gasteiger partial charge in [0.2, 0.25) is 0 Å². The van der Waals surface area contributed by atoms with Crippen LogP contribution in [-0.2, 0) is 20.0 Å². The molecular weight excluding hydrogens is 378 g/mol. The van der Waals surface area contributed by atoms with Crippen LogP contribution < -0.4 is 5.32 Å². The lowest BCUT2D eigenvalue weighted by Crippen LogP contribution is -2.25. The topological polar surface area (TPSA) is 98.1 Å². The zero-order chi connectivity index (χ0) is 20.7. The van der Waals surface area contributed by atoms with E-state index in [1.54, 1.807) is 35.0 Å². The van der Waals surface area contributed by atoms with Gasteiger partial charge in [-0.15, -0.1) is 0 Å². The van der Waals surface area contributed by atoms with Gasteiger partial charge in [-0.05, 0) is 13.3 Å². The third-order valence-electron chi connectivity index (χ3n) is 4.82. The Bertz CT molecular complexity index is 1010. The fourth-order valence-electron chi connectivity index (χ4n) is 3.11. The lowest BCUT2D eigenvalue weighted by Gasteiger charge is -2.15. The molecule has 1 fully saturated rings. The zero-order valence-corrected chi connectivity index (χ0v) is 17.3. The normalized spacial score (nSPS) is 18.8.